The molecule has 0 atom stereocenters. The predicted molar refractivity (Wildman–Crippen MR) is 77.7 cm³/mol. The van der Waals surface area contributed by atoms with E-state index in [-0.39, 0.29) is 5.56 Å². The minimum atomic E-state index is -0.204. The smallest absolute Gasteiger partial charge is 0.258 e. The zero-order chi connectivity index (χ0) is 14.1. The number of nitrogens with zero attached hydrogens (tertiary/aromatic N) is 3. The highest BCUT2D eigenvalue weighted by molar-refractivity contribution is 7.99. The second-order valence-electron chi connectivity index (χ2n) is 4.22. The summed E-state index contributed by atoms with van der Waals surface area (Å²) in [5.74, 6) is 0. The Morgan fingerprint density at radius 2 is 2.15 bits per heavy atom. The molecule has 0 aliphatic heterocycles. The fourth-order valence-electron chi connectivity index (χ4n) is 1.77. The average molecular weight is 285 g/mol. The number of hydrogen-bond donors (Lipinski definition) is 2. The van der Waals surface area contributed by atoms with Crippen LogP contribution in [0.2, 0.25) is 0 Å². The Labute approximate surface area is 118 Å². The third-order valence-corrected chi connectivity index (χ3v) is 3.70. The van der Waals surface area contributed by atoms with Crippen LogP contribution in [0.1, 0.15) is 5.69 Å². The summed E-state index contributed by atoms with van der Waals surface area (Å²) in [6.45, 7) is 1.90. The van der Waals surface area contributed by atoms with Crippen molar-refractivity contribution in [3.63, 3.8) is 0 Å². The van der Waals surface area contributed by atoms with Crippen LogP contribution in [-0.2, 0) is 0 Å². The molecule has 0 unspecified atom stereocenters. The number of nitrogen functional groups attached to an aromatic ring is 1. The van der Waals surface area contributed by atoms with E-state index in [1.807, 2.05) is 13.0 Å². The molecule has 6 nitrogen and oxygen atoms in total. The van der Waals surface area contributed by atoms with Crippen LogP contribution in [0.15, 0.2) is 45.6 Å². The molecule has 3 rings (SSSR count). The number of fused-ring (bicyclic) bond motifs is 1. The Hall–Kier alpha value is -2.41. The monoisotopic (exact) mass is 285 g/mol. The minimum absolute atomic E-state index is 0.204. The highest BCUT2D eigenvalue weighted by Gasteiger charge is 2.09. The van der Waals surface area contributed by atoms with E-state index in [0.717, 1.165) is 10.6 Å². The molecule has 0 fully saturated rings. The molecule has 1 aromatic carbocycles. The molecule has 0 radical (unpaired) electrons. The fraction of sp³-hybridized carbons (Fsp3) is 0.0769. The second-order valence-corrected chi connectivity index (χ2v) is 5.23. The van der Waals surface area contributed by atoms with Crippen molar-refractivity contribution in [1.82, 2.24) is 19.9 Å². The summed E-state index contributed by atoms with van der Waals surface area (Å²) in [6, 6.07) is 5.23. The number of rotatable bonds is 2. The van der Waals surface area contributed by atoms with Gasteiger partial charge in [-0.15, -0.1) is 0 Å². The van der Waals surface area contributed by atoms with Crippen LogP contribution in [0.5, 0.6) is 0 Å². The molecule has 0 saturated carbocycles. The molecule has 0 amide bonds. The third kappa shape index (κ3) is 2.35. The zero-order valence-corrected chi connectivity index (χ0v) is 11.4. The maximum atomic E-state index is 11.7. The topological polar surface area (TPSA) is 97.5 Å². The van der Waals surface area contributed by atoms with E-state index in [2.05, 4.69) is 19.9 Å². The van der Waals surface area contributed by atoms with Crippen LogP contribution < -0.4 is 11.3 Å². The number of H-pyrrole nitrogens is 1. The standard InChI is InChI=1S/C13H11N5OS/c1-7-2-3-15-13(18-7)20-11-5-10-8(4-9(11)14)12(19)17-6-16-10/h2-6H,14H2,1H3,(H,16,17,19). The lowest BCUT2D eigenvalue weighted by molar-refractivity contribution is 0.932. The van der Waals surface area contributed by atoms with Crippen LogP contribution >= 0.6 is 11.8 Å². The van der Waals surface area contributed by atoms with Crippen molar-refractivity contribution in [3.05, 3.63) is 46.8 Å². The van der Waals surface area contributed by atoms with Crippen molar-refractivity contribution in [2.24, 2.45) is 0 Å². The van der Waals surface area contributed by atoms with Crippen LogP contribution in [0.4, 0.5) is 5.69 Å². The largest absolute Gasteiger partial charge is 0.398 e. The molecule has 3 N–H and O–H groups in total. The first-order valence-electron chi connectivity index (χ1n) is 5.88. The molecule has 7 heteroatoms. The summed E-state index contributed by atoms with van der Waals surface area (Å²) in [6.07, 6.45) is 3.07. The van der Waals surface area contributed by atoms with Crippen LogP contribution in [0.25, 0.3) is 10.9 Å². The Kier molecular flexibility index (Phi) is 3.11. The van der Waals surface area contributed by atoms with Crippen LogP contribution in [0, 0.1) is 6.92 Å². The van der Waals surface area contributed by atoms with Gasteiger partial charge in [0.15, 0.2) is 5.16 Å². The van der Waals surface area contributed by atoms with E-state index < -0.39 is 0 Å². The number of hydrogen-bond acceptors (Lipinski definition) is 6. The van der Waals surface area contributed by atoms with E-state index in [9.17, 15) is 4.79 Å². The van der Waals surface area contributed by atoms with Gasteiger partial charge in [-0.05, 0) is 36.9 Å². The number of nitrogens with two attached hydrogens (primary N) is 1. The molecule has 0 spiro atoms. The van der Waals surface area contributed by atoms with Crippen LogP contribution in [-0.4, -0.2) is 19.9 Å². The van der Waals surface area contributed by atoms with E-state index in [4.69, 9.17) is 5.73 Å². The zero-order valence-electron chi connectivity index (χ0n) is 10.6. The third-order valence-electron chi connectivity index (χ3n) is 2.75. The van der Waals surface area contributed by atoms with Gasteiger partial charge in [0.2, 0.25) is 0 Å². The number of aryl methyl sites for hydroxylation is 1. The lowest BCUT2D eigenvalue weighted by atomic mass is 10.2. The number of anilines is 1. The van der Waals surface area contributed by atoms with E-state index in [1.165, 1.54) is 18.1 Å². The van der Waals surface area contributed by atoms with E-state index in [1.54, 1.807) is 18.3 Å². The highest BCUT2D eigenvalue weighted by Crippen LogP contribution is 2.31. The number of nitrogens with one attached hydrogen (secondary N) is 1. The molecule has 2 aromatic heterocycles. The van der Waals surface area contributed by atoms with Crippen molar-refractivity contribution < 1.29 is 0 Å². The normalized spacial score (nSPS) is 10.8. The van der Waals surface area contributed by atoms with Gasteiger partial charge in [0.25, 0.3) is 5.56 Å². The van der Waals surface area contributed by atoms with Crippen molar-refractivity contribution >= 4 is 28.4 Å². The quantitative estimate of drug-likeness (QED) is 0.550. The average Bonchev–Trinajstić information content (AvgIpc) is 2.41. The molecule has 0 aliphatic rings. The van der Waals surface area contributed by atoms with Gasteiger partial charge in [0, 0.05) is 22.5 Å². The molecule has 0 bridgehead atoms. The van der Waals surface area contributed by atoms with Crippen molar-refractivity contribution in [1.29, 1.82) is 0 Å². The van der Waals surface area contributed by atoms with E-state index >= 15 is 0 Å². The number of aromatic amines is 1. The summed E-state index contributed by atoms with van der Waals surface area (Å²) < 4.78 is 0. The highest BCUT2D eigenvalue weighted by atomic mass is 32.2. The van der Waals surface area contributed by atoms with Crippen LogP contribution in [0.3, 0.4) is 0 Å². The SMILES string of the molecule is Cc1ccnc(Sc2cc3nc[nH]c(=O)c3cc2N)n1. The Balaban J connectivity index is 2.08. The summed E-state index contributed by atoms with van der Waals surface area (Å²) >= 11 is 1.35. The number of aromatic nitrogens is 4. The van der Waals surface area contributed by atoms with Gasteiger partial charge in [0.05, 0.1) is 17.2 Å². The van der Waals surface area contributed by atoms with Gasteiger partial charge in [-0.2, -0.15) is 0 Å². The van der Waals surface area contributed by atoms with Gasteiger partial charge in [0.1, 0.15) is 0 Å². The van der Waals surface area contributed by atoms with Crippen molar-refractivity contribution in [3.8, 4) is 0 Å². The summed E-state index contributed by atoms with van der Waals surface area (Å²) in [7, 11) is 0. The Morgan fingerprint density at radius 3 is 2.95 bits per heavy atom. The minimum Gasteiger partial charge on any atom is -0.398 e. The summed E-state index contributed by atoms with van der Waals surface area (Å²) in [4.78, 5) is 27.6. The Bertz CT molecular complexity index is 846. The first-order chi connectivity index (χ1) is 9.63. The van der Waals surface area contributed by atoms with Crippen molar-refractivity contribution in [2.45, 2.75) is 17.0 Å². The summed E-state index contributed by atoms with van der Waals surface area (Å²) in [5, 5.41) is 1.08. The summed E-state index contributed by atoms with van der Waals surface area (Å²) in [5.41, 5.74) is 7.77. The second kappa shape index (κ2) is 4.93. The van der Waals surface area contributed by atoms with Gasteiger partial charge >= 0.3 is 0 Å². The lowest BCUT2D eigenvalue weighted by Gasteiger charge is -2.06. The molecule has 20 heavy (non-hydrogen) atoms. The molecular formula is C13H11N5OS. The first-order valence-corrected chi connectivity index (χ1v) is 6.69. The fourth-order valence-corrected chi connectivity index (χ4v) is 2.62. The molecular weight excluding hydrogens is 274 g/mol. The molecule has 0 aliphatic carbocycles. The van der Waals surface area contributed by atoms with Gasteiger partial charge in [-0.1, -0.05) is 0 Å². The molecule has 2 heterocycles. The molecule has 100 valence electrons. The van der Waals surface area contributed by atoms with Gasteiger partial charge in [-0.25, -0.2) is 15.0 Å². The maximum Gasteiger partial charge on any atom is 0.258 e. The Morgan fingerprint density at radius 1 is 1.30 bits per heavy atom. The van der Waals surface area contributed by atoms with Gasteiger partial charge in [-0.3, -0.25) is 4.79 Å². The number of benzene rings is 1. The first kappa shape index (κ1) is 12.6. The molecule has 3 aromatic rings. The van der Waals surface area contributed by atoms with E-state index in [0.29, 0.717) is 21.7 Å². The van der Waals surface area contributed by atoms with Crippen molar-refractivity contribution in [2.75, 3.05) is 5.73 Å². The predicted octanol–water partition coefficient (Wildman–Crippen LogP) is 1.75. The maximum absolute atomic E-state index is 11.7. The molecule has 0 saturated heterocycles. The lowest BCUT2D eigenvalue weighted by Crippen LogP contribution is -2.07. The van der Waals surface area contributed by atoms with Gasteiger partial charge < -0.3 is 10.7 Å².